The second-order valence-corrected chi connectivity index (χ2v) is 9.55. The van der Waals surface area contributed by atoms with Crippen molar-refractivity contribution >= 4 is 34.5 Å². The largest absolute Gasteiger partial charge is 0.482 e. The number of thiazole rings is 1. The number of rotatable bonds is 6. The van der Waals surface area contributed by atoms with E-state index in [2.05, 4.69) is 17.4 Å². The minimum absolute atomic E-state index is 0.0949. The third kappa shape index (κ3) is 5.10. The first-order valence-electron chi connectivity index (χ1n) is 11.4. The van der Waals surface area contributed by atoms with E-state index in [1.54, 1.807) is 11.3 Å². The zero-order valence-corrected chi connectivity index (χ0v) is 20.4. The molecule has 0 spiro atoms. The fourth-order valence-electron chi connectivity index (χ4n) is 4.03. The molecule has 0 aliphatic carbocycles. The van der Waals surface area contributed by atoms with Gasteiger partial charge in [-0.1, -0.05) is 42.5 Å². The van der Waals surface area contributed by atoms with Gasteiger partial charge in [-0.3, -0.25) is 14.5 Å². The van der Waals surface area contributed by atoms with Crippen molar-refractivity contribution in [2.24, 2.45) is 0 Å². The number of nitrogens with one attached hydrogen (secondary N) is 1. The average Bonchev–Trinajstić information content (AvgIpc) is 3.32. The van der Waals surface area contributed by atoms with Gasteiger partial charge in [0.05, 0.1) is 16.4 Å². The van der Waals surface area contributed by atoms with Crippen molar-refractivity contribution in [3.8, 4) is 17.0 Å². The van der Waals surface area contributed by atoms with Gasteiger partial charge in [-0.15, -0.1) is 11.3 Å². The highest BCUT2D eigenvalue weighted by Crippen LogP contribution is 2.36. The van der Waals surface area contributed by atoms with Gasteiger partial charge >= 0.3 is 0 Å². The number of ether oxygens (including phenoxy) is 1. The molecule has 0 saturated heterocycles. The number of hydrogen-bond acceptors (Lipinski definition) is 5. The van der Waals surface area contributed by atoms with Gasteiger partial charge in [0.1, 0.15) is 12.3 Å². The molecular formula is C28H25N3O3S. The highest BCUT2D eigenvalue weighted by atomic mass is 32.1. The number of anilines is 2. The lowest BCUT2D eigenvalue weighted by molar-refractivity contribution is -0.123. The quantitative estimate of drug-likeness (QED) is 0.400. The molecule has 0 saturated carbocycles. The van der Waals surface area contributed by atoms with Crippen LogP contribution in [0.25, 0.3) is 11.3 Å². The van der Waals surface area contributed by atoms with Gasteiger partial charge in [0, 0.05) is 23.1 Å². The predicted octanol–water partition coefficient (Wildman–Crippen LogP) is 5.38. The van der Waals surface area contributed by atoms with Crippen molar-refractivity contribution < 1.29 is 14.3 Å². The molecule has 2 heterocycles. The smallest absolute Gasteiger partial charge is 0.265 e. The average molecular weight is 484 g/mol. The van der Waals surface area contributed by atoms with Gasteiger partial charge in [-0.25, -0.2) is 4.98 Å². The van der Waals surface area contributed by atoms with Crippen molar-refractivity contribution in [2.75, 3.05) is 23.4 Å². The number of fused-ring (bicyclic) bond motifs is 1. The molecule has 35 heavy (non-hydrogen) atoms. The van der Waals surface area contributed by atoms with Gasteiger partial charge < -0.3 is 10.1 Å². The van der Waals surface area contributed by atoms with Crippen LogP contribution in [0.1, 0.15) is 21.7 Å². The summed E-state index contributed by atoms with van der Waals surface area (Å²) in [5, 5.41) is 5.97. The standard InChI is InChI=1S/C28H25N3O3S/c1-18-8-9-19(2)22(12-18)29-26(32)15-31-24-14-21(10-11-25(24)34-16-28(31)33)23-17-35-27(30-23)13-20-6-4-3-5-7-20/h3-12,14,17H,13,15-16H2,1-2H3,(H,29,32). The molecule has 3 aromatic carbocycles. The summed E-state index contributed by atoms with van der Waals surface area (Å²) in [5.74, 6) is 0.0607. The molecule has 2 amide bonds. The zero-order valence-electron chi connectivity index (χ0n) is 19.6. The molecule has 0 bridgehead atoms. The molecule has 1 N–H and O–H groups in total. The number of benzene rings is 3. The Morgan fingerprint density at radius 1 is 1.09 bits per heavy atom. The molecule has 4 aromatic rings. The van der Waals surface area contributed by atoms with Crippen LogP contribution >= 0.6 is 11.3 Å². The maximum Gasteiger partial charge on any atom is 0.265 e. The molecule has 176 valence electrons. The van der Waals surface area contributed by atoms with Crippen LogP contribution in [0.4, 0.5) is 11.4 Å². The van der Waals surface area contributed by atoms with E-state index in [1.807, 2.05) is 73.8 Å². The fourth-order valence-corrected chi connectivity index (χ4v) is 4.87. The van der Waals surface area contributed by atoms with Gasteiger partial charge in [0.2, 0.25) is 5.91 Å². The third-order valence-electron chi connectivity index (χ3n) is 5.92. The Morgan fingerprint density at radius 2 is 1.91 bits per heavy atom. The van der Waals surface area contributed by atoms with E-state index in [1.165, 1.54) is 10.5 Å². The molecular weight excluding hydrogens is 458 g/mol. The number of carbonyl (C=O) groups is 2. The first-order valence-corrected chi connectivity index (χ1v) is 12.3. The summed E-state index contributed by atoms with van der Waals surface area (Å²) in [6, 6.07) is 21.8. The number of hydrogen-bond donors (Lipinski definition) is 1. The second-order valence-electron chi connectivity index (χ2n) is 8.61. The Kier molecular flexibility index (Phi) is 6.33. The first kappa shape index (κ1) is 22.8. The summed E-state index contributed by atoms with van der Waals surface area (Å²) in [5.41, 5.74) is 6.26. The molecule has 0 unspecified atom stereocenters. The van der Waals surface area contributed by atoms with Crippen LogP contribution in [-0.4, -0.2) is 29.9 Å². The highest BCUT2D eigenvalue weighted by Gasteiger charge is 2.28. The van der Waals surface area contributed by atoms with Gasteiger partial charge in [-0.2, -0.15) is 0 Å². The van der Waals surface area contributed by atoms with Gasteiger partial charge in [0.25, 0.3) is 5.91 Å². The van der Waals surface area contributed by atoms with E-state index in [4.69, 9.17) is 9.72 Å². The fraction of sp³-hybridized carbons (Fsp3) is 0.179. The number of carbonyl (C=O) groups excluding carboxylic acids is 2. The van der Waals surface area contributed by atoms with E-state index in [0.29, 0.717) is 11.4 Å². The molecule has 1 aliphatic heterocycles. The summed E-state index contributed by atoms with van der Waals surface area (Å²) >= 11 is 1.61. The zero-order chi connectivity index (χ0) is 24.4. The number of amides is 2. The van der Waals surface area contributed by atoms with Crippen molar-refractivity contribution in [1.82, 2.24) is 4.98 Å². The summed E-state index contributed by atoms with van der Waals surface area (Å²) < 4.78 is 5.64. The summed E-state index contributed by atoms with van der Waals surface area (Å²) in [6.45, 7) is 3.72. The summed E-state index contributed by atoms with van der Waals surface area (Å²) in [4.78, 5) is 31.9. The molecule has 1 aliphatic rings. The molecule has 0 atom stereocenters. The minimum atomic E-state index is -0.260. The Balaban J connectivity index is 1.37. The van der Waals surface area contributed by atoms with Crippen molar-refractivity contribution in [3.05, 3.63) is 93.8 Å². The first-order chi connectivity index (χ1) is 17.0. The van der Waals surface area contributed by atoms with Crippen molar-refractivity contribution in [3.63, 3.8) is 0 Å². The van der Waals surface area contributed by atoms with Crippen LogP contribution in [0.2, 0.25) is 0 Å². The van der Waals surface area contributed by atoms with E-state index < -0.39 is 0 Å². The van der Waals surface area contributed by atoms with Gasteiger partial charge in [0.15, 0.2) is 6.61 Å². The second kappa shape index (κ2) is 9.72. The molecule has 0 fully saturated rings. The topological polar surface area (TPSA) is 71.5 Å². The minimum Gasteiger partial charge on any atom is -0.482 e. The van der Waals surface area contributed by atoms with Crippen molar-refractivity contribution in [1.29, 1.82) is 0 Å². The van der Waals surface area contributed by atoms with Crippen LogP contribution < -0.4 is 15.0 Å². The Bertz CT molecular complexity index is 1400. The van der Waals surface area contributed by atoms with Gasteiger partial charge in [-0.05, 0) is 54.8 Å². The molecule has 0 radical (unpaired) electrons. The van der Waals surface area contributed by atoms with E-state index in [0.717, 1.165) is 39.5 Å². The number of nitrogens with zero attached hydrogens (tertiary/aromatic N) is 2. The highest BCUT2D eigenvalue weighted by molar-refractivity contribution is 7.10. The molecule has 1 aromatic heterocycles. The summed E-state index contributed by atoms with van der Waals surface area (Å²) in [6.07, 6.45) is 0.767. The maximum atomic E-state index is 12.9. The molecule has 6 nitrogen and oxygen atoms in total. The van der Waals surface area contributed by atoms with Crippen LogP contribution in [0.15, 0.2) is 72.1 Å². The molecule has 5 rings (SSSR count). The van der Waals surface area contributed by atoms with Crippen molar-refractivity contribution in [2.45, 2.75) is 20.3 Å². The Hall–Kier alpha value is -3.97. The van der Waals surface area contributed by atoms with Crippen LogP contribution in [-0.2, 0) is 16.0 Å². The third-order valence-corrected chi connectivity index (χ3v) is 6.77. The lowest BCUT2D eigenvalue weighted by Gasteiger charge is -2.29. The Morgan fingerprint density at radius 3 is 2.74 bits per heavy atom. The normalized spacial score (nSPS) is 12.7. The number of aryl methyl sites for hydroxylation is 2. The van der Waals surface area contributed by atoms with E-state index in [-0.39, 0.29) is 25.0 Å². The SMILES string of the molecule is Cc1ccc(C)c(NC(=O)CN2C(=O)COc3ccc(-c4csc(Cc5ccccc5)n4)cc32)c1. The summed E-state index contributed by atoms with van der Waals surface area (Å²) in [7, 11) is 0. The number of aromatic nitrogens is 1. The maximum absolute atomic E-state index is 12.9. The monoisotopic (exact) mass is 483 g/mol. The predicted molar refractivity (Wildman–Crippen MR) is 139 cm³/mol. The van der Waals surface area contributed by atoms with E-state index in [9.17, 15) is 9.59 Å². The van der Waals surface area contributed by atoms with E-state index >= 15 is 0 Å². The molecule has 7 heteroatoms. The van der Waals surface area contributed by atoms with Crippen LogP contribution in [0, 0.1) is 13.8 Å². The lowest BCUT2D eigenvalue weighted by atomic mass is 10.1. The Labute approximate surface area is 208 Å². The lowest BCUT2D eigenvalue weighted by Crippen LogP contribution is -2.43. The van der Waals surface area contributed by atoms with Crippen LogP contribution in [0.5, 0.6) is 5.75 Å². The van der Waals surface area contributed by atoms with Crippen LogP contribution in [0.3, 0.4) is 0 Å².